The van der Waals surface area contributed by atoms with Crippen LogP contribution in [0.4, 0.5) is 11.4 Å². The molecule has 8 heteroatoms. The first-order valence-electron chi connectivity index (χ1n) is 7.87. The standard InChI is InChI=1S/C17H18N4O4/c1-25-16-7-2-13(12-18-16)17(22)20-10-8-19(9-11-20)14-3-5-15(6-4-14)21(23)24/h2-7,12H,8-11H2,1H3. The Morgan fingerprint density at radius 2 is 1.80 bits per heavy atom. The highest BCUT2D eigenvalue weighted by atomic mass is 16.6. The molecule has 0 saturated carbocycles. The van der Waals surface area contributed by atoms with E-state index in [1.165, 1.54) is 25.4 Å². The maximum atomic E-state index is 12.5. The number of hydrogen-bond donors (Lipinski definition) is 0. The van der Waals surface area contributed by atoms with E-state index in [0.29, 0.717) is 37.6 Å². The molecule has 0 spiro atoms. The largest absolute Gasteiger partial charge is 0.481 e. The van der Waals surface area contributed by atoms with Crippen LogP contribution < -0.4 is 9.64 Å². The molecule has 1 saturated heterocycles. The van der Waals surface area contributed by atoms with Gasteiger partial charge in [0.05, 0.1) is 17.6 Å². The maximum absolute atomic E-state index is 12.5. The summed E-state index contributed by atoms with van der Waals surface area (Å²) in [4.78, 5) is 30.8. The summed E-state index contributed by atoms with van der Waals surface area (Å²) in [7, 11) is 1.53. The average Bonchev–Trinajstić information content (AvgIpc) is 2.67. The van der Waals surface area contributed by atoms with Gasteiger partial charge in [-0.1, -0.05) is 0 Å². The lowest BCUT2D eigenvalue weighted by molar-refractivity contribution is -0.384. The number of nitrogens with zero attached hydrogens (tertiary/aromatic N) is 4. The van der Waals surface area contributed by atoms with Crippen molar-refractivity contribution in [2.75, 3.05) is 38.2 Å². The average molecular weight is 342 g/mol. The smallest absolute Gasteiger partial charge is 0.269 e. The molecular formula is C17H18N4O4. The van der Waals surface area contributed by atoms with Gasteiger partial charge in [0.15, 0.2) is 0 Å². The molecule has 1 aliphatic rings. The van der Waals surface area contributed by atoms with Crippen molar-refractivity contribution >= 4 is 17.3 Å². The molecule has 0 aliphatic carbocycles. The Labute approximate surface area is 144 Å². The Hall–Kier alpha value is -3.16. The molecular weight excluding hydrogens is 324 g/mol. The van der Waals surface area contributed by atoms with Crippen molar-refractivity contribution in [1.29, 1.82) is 0 Å². The number of hydrogen-bond acceptors (Lipinski definition) is 6. The van der Waals surface area contributed by atoms with Gasteiger partial charge in [0.25, 0.3) is 11.6 Å². The summed E-state index contributed by atoms with van der Waals surface area (Å²) in [6, 6.07) is 9.84. The van der Waals surface area contributed by atoms with Crippen molar-refractivity contribution in [1.82, 2.24) is 9.88 Å². The normalized spacial score (nSPS) is 14.3. The maximum Gasteiger partial charge on any atom is 0.269 e. The highest BCUT2D eigenvalue weighted by molar-refractivity contribution is 5.94. The number of carbonyl (C=O) groups excluding carboxylic acids is 1. The molecule has 25 heavy (non-hydrogen) atoms. The van der Waals surface area contributed by atoms with Gasteiger partial charge < -0.3 is 14.5 Å². The fraction of sp³-hybridized carbons (Fsp3) is 0.294. The van der Waals surface area contributed by atoms with E-state index in [1.54, 1.807) is 29.2 Å². The molecule has 0 bridgehead atoms. The van der Waals surface area contributed by atoms with Crippen molar-refractivity contribution in [2.45, 2.75) is 0 Å². The van der Waals surface area contributed by atoms with Gasteiger partial charge in [0, 0.05) is 56.3 Å². The summed E-state index contributed by atoms with van der Waals surface area (Å²) < 4.78 is 5.00. The third-order valence-corrected chi connectivity index (χ3v) is 4.18. The van der Waals surface area contributed by atoms with Crippen molar-refractivity contribution < 1.29 is 14.5 Å². The molecule has 8 nitrogen and oxygen atoms in total. The van der Waals surface area contributed by atoms with Crippen molar-refractivity contribution in [3.63, 3.8) is 0 Å². The van der Waals surface area contributed by atoms with E-state index >= 15 is 0 Å². The zero-order valence-corrected chi connectivity index (χ0v) is 13.8. The molecule has 1 aliphatic heterocycles. The van der Waals surface area contributed by atoms with E-state index in [1.807, 2.05) is 0 Å². The molecule has 130 valence electrons. The zero-order valence-electron chi connectivity index (χ0n) is 13.8. The van der Waals surface area contributed by atoms with Crippen LogP contribution >= 0.6 is 0 Å². The molecule has 0 N–H and O–H groups in total. The lowest BCUT2D eigenvalue weighted by Gasteiger charge is -2.36. The fourth-order valence-corrected chi connectivity index (χ4v) is 2.76. The van der Waals surface area contributed by atoms with E-state index in [9.17, 15) is 14.9 Å². The highest BCUT2D eigenvalue weighted by Crippen LogP contribution is 2.21. The number of nitro groups is 1. The number of rotatable bonds is 4. The van der Waals surface area contributed by atoms with Gasteiger partial charge in [-0.15, -0.1) is 0 Å². The quantitative estimate of drug-likeness (QED) is 0.623. The Bertz CT molecular complexity index is 753. The number of piperazine rings is 1. The minimum absolute atomic E-state index is 0.0569. The molecule has 1 amide bonds. The summed E-state index contributed by atoms with van der Waals surface area (Å²) in [5.41, 5.74) is 1.53. The predicted octanol–water partition coefficient (Wildman–Crippen LogP) is 1.96. The molecule has 1 fully saturated rings. The van der Waals surface area contributed by atoms with E-state index in [0.717, 1.165) is 5.69 Å². The number of benzene rings is 1. The number of methoxy groups -OCH3 is 1. The van der Waals surface area contributed by atoms with Crippen LogP contribution in [0.1, 0.15) is 10.4 Å². The summed E-state index contributed by atoms with van der Waals surface area (Å²) in [5.74, 6) is 0.415. The third kappa shape index (κ3) is 3.68. The molecule has 2 heterocycles. The highest BCUT2D eigenvalue weighted by Gasteiger charge is 2.23. The summed E-state index contributed by atoms with van der Waals surface area (Å²) >= 11 is 0. The minimum atomic E-state index is -0.413. The number of carbonyl (C=O) groups is 1. The third-order valence-electron chi connectivity index (χ3n) is 4.18. The SMILES string of the molecule is COc1ccc(C(=O)N2CCN(c3ccc([N+](=O)[O-])cc3)CC2)cn1. The van der Waals surface area contributed by atoms with Crippen molar-refractivity contribution in [3.05, 3.63) is 58.3 Å². The molecule has 1 aromatic heterocycles. The van der Waals surface area contributed by atoms with Gasteiger partial charge in [-0.3, -0.25) is 14.9 Å². The lowest BCUT2D eigenvalue weighted by atomic mass is 10.2. The second kappa shape index (κ2) is 7.16. The van der Waals surface area contributed by atoms with E-state index in [2.05, 4.69) is 9.88 Å². The second-order valence-electron chi connectivity index (χ2n) is 5.64. The van der Waals surface area contributed by atoms with Crippen LogP contribution in [0.5, 0.6) is 5.88 Å². The van der Waals surface area contributed by atoms with Gasteiger partial charge in [-0.2, -0.15) is 0 Å². The van der Waals surface area contributed by atoms with E-state index < -0.39 is 4.92 Å². The Kier molecular flexibility index (Phi) is 4.78. The van der Waals surface area contributed by atoms with Crippen LogP contribution in [0.25, 0.3) is 0 Å². The van der Waals surface area contributed by atoms with Gasteiger partial charge >= 0.3 is 0 Å². The Morgan fingerprint density at radius 3 is 2.32 bits per heavy atom. The van der Waals surface area contributed by atoms with Crippen LogP contribution in [-0.2, 0) is 0 Å². The first kappa shape index (κ1) is 16.7. The first-order valence-corrected chi connectivity index (χ1v) is 7.87. The Morgan fingerprint density at radius 1 is 1.12 bits per heavy atom. The summed E-state index contributed by atoms with van der Waals surface area (Å²) in [6.45, 7) is 2.52. The van der Waals surface area contributed by atoms with Gasteiger partial charge in [-0.25, -0.2) is 4.98 Å². The van der Waals surface area contributed by atoms with Crippen LogP contribution in [0.2, 0.25) is 0 Å². The molecule has 2 aromatic rings. The second-order valence-corrected chi connectivity index (χ2v) is 5.64. The molecule has 1 aromatic carbocycles. The number of pyridine rings is 1. The molecule has 0 unspecified atom stereocenters. The van der Waals surface area contributed by atoms with Gasteiger partial charge in [-0.05, 0) is 18.2 Å². The minimum Gasteiger partial charge on any atom is -0.481 e. The van der Waals surface area contributed by atoms with Crippen LogP contribution in [0.15, 0.2) is 42.6 Å². The van der Waals surface area contributed by atoms with Gasteiger partial charge in [0.2, 0.25) is 5.88 Å². The number of ether oxygens (including phenoxy) is 1. The van der Waals surface area contributed by atoms with Crippen LogP contribution in [0, 0.1) is 10.1 Å². The van der Waals surface area contributed by atoms with E-state index in [-0.39, 0.29) is 11.6 Å². The topological polar surface area (TPSA) is 88.8 Å². The number of anilines is 1. The number of aromatic nitrogens is 1. The predicted molar refractivity (Wildman–Crippen MR) is 92.0 cm³/mol. The van der Waals surface area contributed by atoms with Crippen LogP contribution in [-0.4, -0.2) is 54.0 Å². The number of amides is 1. The summed E-state index contributed by atoms with van der Waals surface area (Å²) in [6.07, 6.45) is 1.52. The zero-order chi connectivity index (χ0) is 17.8. The first-order chi connectivity index (χ1) is 12.1. The van der Waals surface area contributed by atoms with Gasteiger partial charge in [0.1, 0.15) is 0 Å². The molecule has 3 rings (SSSR count). The fourth-order valence-electron chi connectivity index (χ4n) is 2.76. The van der Waals surface area contributed by atoms with Crippen molar-refractivity contribution in [3.8, 4) is 5.88 Å². The van der Waals surface area contributed by atoms with E-state index in [4.69, 9.17) is 4.74 Å². The lowest BCUT2D eigenvalue weighted by Crippen LogP contribution is -2.48. The monoisotopic (exact) mass is 342 g/mol. The van der Waals surface area contributed by atoms with Crippen molar-refractivity contribution in [2.24, 2.45) is 0 Å². The van der Waals surface area contributed by atoms with Crippen LogP contribution in [0.3, 0.4) is 0 Å². The number of nitro benzene ring substituents is 1. The Balaban J connectivity index is 1.60. The number of non-ortho nitro benzene ring substituents is 1. The molecule has 0 radical (unpaired) electrons. The molecule has 0 atom stereocenters. The summed E-state index contributed by atoms with van der Waals surface area (Å²) in [5, 5.41) is 10.7.